The zero-order chi connectivity index (χ0) is 2.71. The van der Waals surface area contributed by atoms with Crippen molar-refractivity contribution < 1.29 is 9.90 Å². The van der Waals surface area contributed by atoms with Gasteiger partial charge in [0.05, 0.1) is 0 Å². The van der Waals surface area contributed by atoms with Gasteiger partial charge in [-0.1, -0.05) is 0 Å². The summed E-state index contributed by atoms with van der Waals surface area (Å²) in [5.41, 5.74) is 0. The molecule has 0 aliphatic heterocycles. The largest absolute Gasteiger partial charge is 0.554 e. The summed E-state index contributed by atoms with van der Waals surface area (Å²) in [6.45, 7) is -0.500. The predicted molar refractivity (Wildman–Crippen MR) is 17.8 cm³/mol. The van der Waals surface area contributed by atoms with E-state index in [0.29, 0.717) is 0 Å². The van der Waals surface area contributed by atoms with E-state index in [4.69, 9.17) is 9.90 Å². The minimum Gasteiger partial charge on any atom is -0.554 e. The minimum absolute atomic E-state index is 0. The van der Waals surface area contributed by atoms with Gasteiger partial charge in [-0.15, -0.1) is 0 Å². The van der Waals surface area contributed by atoms with Crippen molar-refractivity contribution >= 4 is 57.9 Å². The molecule has 0 aromatic carbocycles. The van der Waals surface area contributed by atoms with Crippen LogP contribution in [0.25, 0.3) is 0 Å². The average molecular weight is 102 g/mol. The van der Waals surface area contributed by atoms with Crippen molar-refractivity contribution in [2.45, 2.75) is 0 Å². The fraction of sp³-hybridized carbons (Fsp3) is 0. The van der Waals surface area contributed by atoms with Gasteiger partial charge in [0.15, 0.2) is 0 Å². The van der Waals surface area contributed by atoms with Gasteiger partial charge in [-0.05, 0) is 0 Å². The van der Waals surface area contributed by atoms with Crippen LogP contribution in [0.4, 0.5) is 0 Å². The molecule has 0 saturated heterocycles. The molecule has 4 N–H and O–H groups in total. The first-order chi connectivity index (χ1) is 1.41. The summed E-state index contributed by atoms with van der Waals surface area (Å²) in [5, 5.41) is 8.25. The number of carbonyl (C=O) groups is 1. The zero-order valence-corrected chi connectivity index (χ0v) is 6.52. The summed E-state index contributed by atoms with van der Waals surface area (Å²) in [6.07, 6.45) is 0. The summed E-state index contributed by atoms with van der Waals surface area (Å²) >= 11 is 0. The van der Waals surface area contributed by atoms with E-state index in [9.17, 15) is 0 Å². The zero-order valence-electron chi connectivity index (χ0n) is 3.39. The predicted octanol–water partition coefficient (Wildman–Crippen LogP) is -1.64. The third kappa shape index (κ3) is 41.9. The molecule has 0 atom stereocenters. The molecule has 0 saturated carbocycles. The fourth-order valence-corrected chi connectivity index (χ4v) is 0. The maximum Gasteiger partial charge on any atom is 0.0275 e. The summed E-state index contributed by atoms with van der Waals surface area (Å²) in [5.74, 6) is 0. The van der Waals surface area contributed by atoms with Crippen LogP contribution in [-0.2, 0) is 4.79 Å². The van der Waals surface area contributed by atoms with Crippen molar-refractivity contribution in [1.82, 2.24) is 6.15 Å². The second kappa shape index (κ2) is 19.6. The average Bonchev–Trinajstić information content (AvgIpc) is 0.918. The first-order valence-corrected chi connectivity index (χ1v) is 0.471. The van der Waals surface area contributed by atoms with Crippen LogP contribution in [0.15, 0.2) is 0 Å². The molecule has 5 heavy (non-hydrogen) atoms. The Balaban J connectivity index is -0.0000000200. The van der Waals surface area contributed by atoms with Crippen LogP contribution in [0.3, 0.4) is 0 Å². The normalized spacial score (nSPS) is 2.40. The van der Waals surface area contributed by atoms with E-state index in [1.807, 2.05) is 0 Å². The topological polar surface area (TPSA) is 76.6 Å². The van der Waals surface area contributed by atoms with Crippen molar-refractivity contribution in [2.24, 2.45) is 0 Å². The Morgan fingerprint density at radius 3 is 1.60 bits per heavy atom. The Morgan fingerprint density at radius 1 is 1.60 bits per heavy atom. The quantitative estimate of drug-likeness (QED) is 0.294. The van der Waals surface area contributed by atoms with Crippen LogP contribution in [0.2, 0.25) is 0 Å². The molecule has 0 bridgehead atoms. The van der Waals surface area contributed by atoms with E-state index < -0.39 is 6.47 Å². The molecule has 0 aromatic rings. The molecule has 0 aromatic heterocycles. The molecule has 0 rings (SSSR count). The van der Waals surface area contributed by atoms with Crippen LogP contribution >= 0.6 is 0 Å². The van der Waals surface area contributed by atoms with Gasteiger partial charge in [-0.2, -0.15) is 0 Å². The molecule has 27 valence electrons. The van der Waals surface area contributed by atoms with Gasteiger partial charge in [-0.3, -0.25) is 0 Å². The Hall–Kier alpha value is 1.07. The van der Waals surface area contributed by atoms with Crippen LogP contribution < -0.4 is 11.3 Å². The Morgan fingerprint density at radius 2 is 1.60 bits per heavy atom. The van der Waals surface area contributed by atoms with Crippen molar-refractivity contribution in [1.29, 1.82) is 0 Å². The maximum atomic E-state index is 8.25. The molecular formula is CH5KNO2. The van der Waals surface area contributed by atoms with Crippen molar-refractivity contribution in [2.75, 3.05) is 0 Å². The standard InChI is InChI=1S/CH2O2.K.H3N/c2-1-3;;/h1H,(H,2,3);;1H3. The molecule has 4 heteroatoms. The van der Waals surface area contributed by atoms with Gasteiger partial charge in [0.2, 0.25) is 0 Å². The molecule has 0 heterocycles. The Labute approximate surface area is 72.8 Å². The minimum atomic E-state index is -0.500. The maximum absolute atomic E-state index is 8.25. The first kappa shape index (κ1) is 16.6. The van der Waals surface area contributed by atoms with E-state index in [-0.39, 0.29) is 57.5 Å². The summed E-state index contributed by atoms with van der Waals surface area (Å²) in [7, 11) is 0. The van der Waals surface area contributed by atoms with Crippen LogP contribution in [0.5, 0.6) is 0 Å². The second-order valence-corrected chi connectivity index (χ2v) is 0.0962. The Kier molecular flexibility index (Phi) is 65.0. The molecule has 0 aliphatic carbocycles. The molecule has 1 radical (unpaired) electrons. The summed E-state index contributed by atoms with van der Waals surface area (Å²) < 4.78 is 0. The van der Waals surface area contributed by atoms with Gasteiger partial charge < -0.3 is 16.1 Å². The molecular weight excluding hydrogens is 97.1 g/mol. The van der Waals surface area contributed by atoms with Crippen molar-refractivity contribution in [3.05, 3.63) is 0 Å². The van der Waals surface area contributed by atoms with E-state index >= 15 is 0 Å². The number of rotatable bonds is 0. The third-order valence-corrected chi connectivity index (χ3v) is 0. The molecule has 0 aliphatic rings. The van der Waals surface area contributed by atoms with Gasteiger partial charge in [0.1, 0.15) is 0 Å². The van der Waals surface area contributed by atoms with E-state index in [1.165, 1.54) is 0 Å². The number of hydrogen-bond donors (Lipinski definition) is 1. The number of carbonyl (C=O) groups excluding carboxylic acids is 1. The first-order valence-electron chi connectivity index (χ1n) is 0.471. The summed E-state index contributed by atoms with van der Waals surface area (Å²) in [4.78, 5) is 8.25. The molecule has 0 fully saturated rings. The molecule has 0 spiro atoms. The van der Waals surface area contributed by atoms with E-state index in [0.717, 1.165) is 0 Å². The van der Waals surface area contributed by atoms with E-state index in [1.54, 1.807) is 0 Å². The number of carboxylic acid groups (broad SMARTS) is 1. The van der Waals surface area contributed by atoms with Crippen LogP contribution in [0, 0.1) is 0 Å². The molecule has 0 amide bonds. The van der Waals surface area contributed by atoms with Gasteiger partial charge in [0, 0.05) is 57.9 Å². The van der Waals surface area contributed by atoms with Gasteiger partial charge >= 0.3 is 0 Å². The third-order valence-electron chi connectivity index (χ3n) is 0. The number of quaternary nitrogens is 1. The van der Waals surface area contributed by atoms with Gasteiger partial charge in [-0.25, -0.2) is 0 Å². The molecule has 3 nitrogen and oxygen atoms in total. The smallest absolute Gasteiger partial charge is 0.0275 e. The van der Waals surface area contributed by atoms with Crippen molar-refractivity contribution in [3.8, 4) is 0 Å². The van der Waals surface area contributed by atoms with Crippen molar-refractivity contribution in [3.63, 3.8) is 0 Å². The van der Waals surface area contributed by atoms with Crippen LogP contribution in [-0.4, -0.2) is 57.9 Å². The fourth-order valence-electron chi connectivity index (χ4n) is 0. The number of hydrogen-bond acceptors (Lipinski definition) is 2. The SMILES string of the molecule is O=C[O-].[K].[NH4+]. The van der Waals surface area contributed by atoms with Gasteiger partial charge in [0.25, 0.3) is 0 Å². The summed E-state index contributed by atoms with van der Waals surface area (Å²) in [6, 6.07) is 0. The van der Waals surface area contributed by atoms with Crippen LogP contribution in [0.1, 0.15) is 0 Å². The molecule has 0 unspecified atom stereocenters. The monoisotopic (exact) mass is 102 g/mol. The second-order valence-electron chi connectivity index (χ2n) is 0.0962. The Bertz CT molecular complexity index is 17.1. The van der Waals surface area contributed by atoms with E-state index in [2.05, 4.69) is 0 Å².